The van der Waals surface area contributed by atoms with E-state index in [0.29, 0.717) is 32.2 Å². The SMILES string of the molecule is CCOCCCNC(=O)N1CCC[C@H](n2c(=O)n(CC3CC3)c3cccnc32)C1. The van der Waals surface area contributed by atoms with Gasteiger partial charge in [-0.05, 0) is 57.1 Å². The quantitative estimate of drug-likeness (QED) is 0.689. The Kier molecular flexibility index (Phi) is 6.18. The molecule has 1 saturated carbocycles. The van der Waals surface area contributed by atoms with Crippen molar-refractivity contribution in [3.05, 3.63) is 28.8 Å². The molecule has 2 amide bonds. The molecule has 1 atom stereocenters. The van der Waals surface area contributed by atoms with Crippen molar-refractivity contribution in [1.82, 2.24) is 24.3 Å². The highest BCUT2D eigenvalue weighted by molar-refractivity contribution is 5.74. The summed E-state index contributed by atoms with van der Waals surface area (Å²) in [6.45, 7) is 5.94. The van der Waals surface area contributed by atoms with Crippen LogP contribution in [0.25, 0.3) is 11.2 Å². The number of amides is 2. The summed E-state index contributed by atoms with van der Waals surface area (Å²) in [7, 11) is 0. The van der Waals surface area contributed by atoms with Crippen molar-refractivity contribution in [2.45, 2.75) is 51.6 Å². The van der Waals surface area contributed by atoms with Crippen LogP contribution in [0.15, 0.2) is 23.1 Å². The lowest BCUT2D eigenvalue weighted by atomic mass is 10.1. The van der Waals surface area contributed by atoms with Gasteiger partial charge in [-0.15, -0.1) is 0 Å². The number of aromatic nitrogens is 3. The first kappa shape index (κ1) is 19.9. The number of piperidine rings is 1. The lowest BCUT2D eigenvalue weighted by Crippen LogP contribution is -2.47. The zero-order chi connectivity index (χ0) is 20.2. The van der Waals surface area contributed by atoms with Crippen LogP contribution in [-0.4, -0.2) is 57.9 Å². The normalized spacial score (nSPS) is 19.6. The maximum atomic E-state index is 13.3. The van der Waals surface area contributed by atoms with Crippen LogP contribution < -0.4 is 11.0 Å². The molecule has 1 aliphatic heterocycles. The fourth-order valence-corrected chi connectivity index (χ4v) is 4.15. The van der Waals surface area contributed by atoms with Gasteiger partial charge >= 0.3 is 11.7 Å². The molecule has 2 aliphatic rings. The van der Waals surface area contributed by atoms with Gasteiger partial charge in [0.15, 0.2) is 5.65 Å². The Morgan fingerprint density at radius 1 is 1.34 bits per heavy atom. The number of carbonyl (C=O) groups is 1. The highest BCUT2D eigenvalue weighted by Crippen LogP contribution is 2.32. The molecule has 1 N–H and O–H groups in total. The molecule has 8 heteroatoms. The Balaban J connectivity index is 1.48. The number of ether oxygens (including phenoxy) is 1. The second-order valence-electron chi connectivity index (χ2n) is 8.08. The van der Waals surface area contributed by atoms with Crippen LogP contribution in [0.4, 0.5) is 4.79 Å². The molecule has 0 spiro atoms. The largest absolute Gasteiger partial charge is 0.382 e. The molecule has 158 valence electrons. The van der Waals surface area contributed by atoms with Gasteiger partial charge in [-0.25, -0.2) is 14.6 Å². The van der Waals surface area contributed by atoms with Gasteiger partial charge in [0.25, 0.3) is 0 Å². The molecule has 0 radical (unpaired) electrons. The summed E-state index contributed by atoms with van der Waals surface area (Å²) < 4.78 is 9.02. The van der Waals surface area contributed by atoms with Gasteiger partial charge in [0.1, 0.15) is 0 Å². The van der Waals surface area contributed by atoms with Gasteiger partial charge in [-0.1, -0.05) is 0 Å². The van der Waals surface area contributed by atoms with Crippen LogP contribution in [-0.2, 0) is 11.3 Å². The van der Waals surface area contributed by atoms with E-state index >= 15 is 0 Å². The number of urea groups is 1. The van der Waals surface area contributed by atoms with Crippen molar-refractivity contribution in [2.75, 3.05) is 32.8 Å². The van der Waals surface area contributed by atoms with E-state index in [1.165, 1.54) is 12.8 Å². The Labute approximate surface area is 170 Å². The van der Waals surface area contributed by atoms with Crippen molar-refractivity contribution < 1.29 is 9.53 Å². The summed E-state index contributed by atoms with van der Waals surface area (Å²) in [6.07, 6.45) is 6.69. The van der Waals surface area contributed by atoms with Crippen molar-refractivity contribution in [3.63, 3.8) is 0 Å². The number of hydrogen-bond acceptors (Lipinski definition) is 4. The smallest absolute Gasteiger partial charge is 0.330 e. The van der Waals surface area contributed by atoms with E-state index in [1.807, 2.05) is 33.1 Å². The topological polar surface area (TPSA) is 81.4 Å². The minimum Gasteiger partial charge on any atom is -0.382 e. The van der Waals surface area contributed by atoms with E-state index in [0.717, 1.165) is 43.5 Å². The molecule has 1 aliphatic carbocycles. The van der Waals surface area contributed by atoms with E-state index < -0.39 is 0 Å². The molecule has 2 aromatic heterocycles. The van der Waals surface area contributed by atoms with Crippen LogP contribution >= 0.6 is 0 Å². The number of imidazole rings is 1. The van der Waals surface area contributed by atoms with Gasteiger partial charge in [0.05, 0.1) is 11.6 Å². The molecule has 0 unspecified atom stereocenters. The first-order valence-corrected chi connectivity index (χ1v) is 10.8. The first-order valence-electron chi connectivity index (χ1n) is 10.8. The molecule has 2 aromatic rings. The molecular formula is C21H31N5O3. The third-order valence-corrected chi connectivity index (χ3v) is 5.85. The molecule has 0 bridgehead atoms. The Morgan fingerprint density at radius 2 is 2.21 bits per heavy atom. The van der Waals surface area contributed by atoms with Gasteiger partial charge in [0, 0.05) is 45.6 Å². The summed E-state index contributed by atoms with van der Waals surface area (Å²) in [6, 6.07) is 3.77. The second kappa shape index (κ2) is 8.98. The number of likely N-dealkylation sites (tertiary alicyclic amines) is 1. The van der Waals surface area contributed by atoms with Crippen LogP contribution in [0.2, 0.25) is 0 Å². The summed E-state index contributed by atoms with van der Waals surface area (Å²) in [5, 5.41) is 2.97. The minimum absolute atomic E-state index is 0.00886. The van der Waals surface area contributed by atoms with Crippen molar-refractivity contribution in [1.29, 1.82) is 0 Å². The average molecular weight is 402 g/mol. The third-order valence-electron chi connectivity index (χ3n) is 5.85. The number of carbonyl (C=O) groups excluding carboxylic acids is 1. The molecule has 0 aromatic carbocycles. The van der Waals surface area contributed by atoms with E-state index in [-0.39, 0.29) is 17.8 Å². The Morgan fingerprint density at radius 3 is 3.00 bits per heavy atom. The van der Waals surface area contributed by atoms with E-state index in [2.05, 4.69) is 10.3 Å². The van der Waals surface area contributed by atoms with Gasteiger partial charge in [-0.3, -0.25) is 9.13 Å². The number of pyridine rings is 1. The van der Waals surface area contributed by atoms with Crippen molar-refractivity contribution in [2.24, 2.45) is 5.92 Å². The molecule has 3 heterocycles. The fourth-order valence-electron chi connectivity index (χ4n) is 4.15. The molecule has 4 rings (SSSR count). The van der Waals surface area contributed by atoms with Crippen LogP contribution in [0.1, 0.15) is 45.1 Å². The third kappa shape index (κ3) is 4.47. The predicted octanol–water partition coefficient (Wildman–Crippen LogP) is 2.38. The van der Waals surface area contributed by atoms with Gasteiger partial charge < -0.3 is 15.0 Å². The number of nitrogens with zero attached hydrogens (tertiary/aromatic N) is 4. The molecular weight excluding hydrogens is 370 g/mol. The summed E-state index contributed by atoms with van der Waals surface area (Å²) in [5.41, 5.74) is 1.65. The van der Waals surface area contributed by atoms with Gasteiger partial charge in [0.2, 0.25) is 0 Å². The Bertz CT molecular complexity index is 901. The van der Waals surface area contributed by atoms with Gasteiger partial charge in [-0.2, -0.15) is 0 Å². The lowest BCUT2D eigenvalue weighted by Gasteiger charge is -2.33. The predicted molar refractivity (Wildman–Crippen MR) is 111 cm³/mol. The summed E-state index contributed by atoms with van der Waals surface area (Å²) >= 11 is 0. The van der Waals surface area contributed by atoms with E-state index in [1.54, 1.807) is 6.20 Å². The number of hydrogen-bond donors (Lipinski definition) is 1. The average Bonchev–Trinajstić information content (AvgIpc) is 3.52. The number of rotatable bonds is 8. The Hall–Kier alpha value is -2.35. The molecule has 29 heavy (non-hydrogen) atoms. The molecule has 1 saturated heterocycles. The maximum absolute atomic E-state index is 13.3. The first-order chi connectivity index (χ1) is 14.2. The highest BCUT2D eigenvalue weighted by atomic mass is 16.5. The maximum Gasteiger partial charge on any atom is 0.330 e. The zero-order valence-corrected chi connectivity index (χ0v) is 17.2. The minimum atomic E-state index is -0.0612. The monoisotopic (exact) mass is 401 g/mol. The van der Waals surface area contributed by atoms with E-state index in [9.17, 15) is 9.59 Å². The number of fused-ring (bicyclic) bond motifs is 1. The standard InChI is InChI=1S/C21H31N5O3/c1-2-29-13-5-11-23-20(27)24-12-4-6-17(15-24)26-19-18(7-3-10-22-19)25(21(26)28)14-16-8-9-16/h3,7,10,16-17H,2,4-6,8-9,11-15H2,1H3,(H,23,27)/t17-/m0/s1. The molecule has 2 fully saturated rings. The van der Waals surface area contributed by atoms with Crippen LogP contribution in [0, 0.1) is 5.92 Å². The summed E-state index contributed by atoms with van der Waals surface area (Å²) in [4.78, 5) is 32.2. The number of nitrogens with one attached hydrogen (secondary N) is 1. The van der Waals surface area contributed by atoms with Crippen molar-refractivity contribution >= 4 is 17.2 Å². The lowest BCUT2D eigenvalue weighted by molar-refractivity contribution is 0.142. The van der Waals surface area contributed by atoms with E-state index in [4.69, 9.17) is 4.74 Å². The van der Waals surface area contributed by atoms with Crippen molar-refractivity contribution in [3.8, 4) is 0 Å². The molecule has 8 nitrogen and oxygen atoms in total. The fraction of sp³-hybridized carbons (Fsp3) is 0.667. The zero-order valence-electron chi connectivity index (χ0n) is 17.2. The van der Waals surface area contributed by atoms with Crippen LogP contribution in [0.3, 0.4) is 0 Å². The van der Waals surface area contributed by atoms with Crippen LogP contribution in [0.5, 0.6) is 0 Å². The second-order valence-corrected chi connectivity index (χ2v) is 8.08. The summed E-state index contributed by atoms with van der Waals surface area (Å²) in [5.74, 6) is 0.609. The highest BCUT2D eigenvalue weighted by Gasteiger charge is 2.30.